The lowest BCUT2D eigenvalue weighted by molar-refractivity contribution is 0.0776. The molecule has 1 fully saturated rings. The van der Waals surface area contributed by atoms with Gasteiger partial charge in [-0.25, -0.2) is 0 Å². The molecule has 21 heavy (non-hydrogen) atoms. The Balaban J connectivity index is 2.18. The van der Waals surface area contributed by atoms with Crippen LogP contribution in [0.25, 0.3) is 0 Å². The number of hydrogen-bond donors (Lipinski definition) is 1. The molecule has 2 N–H and O–H groups in total. The molecule has 1 atom stereocenters. The van der Waals surface area contributed by atoms with E-state index < -0.39 is 0 Å². The predicted molar refractivity (Wildman–Crippen MR) is 85.8 cm³/mol. The average Bonchev–Trinajstić information content (AvgIpc) is 2.94. The van der Waals surface area contributed by atoms with Crippen LogP contribution >= 0.6 is 0 Å². The van der Waals surface area contributed by atoms with Gasteiger partial charge in [-0.2, -0.15) is 0 Å². The van der Waals surface area contributed by atoms with E-state index in [0.29, 0.717) is 18.0 Å². The summed E-state index contributed by atoms with van der Waals surface area (Å²) in [7, 11) is 0. The number of carbonyl (C=O) groups excluding carboxylic acids is 1. The van der Waals surface area contributed by atoms with Crippen molar-refractivity contribution >= 4 is 5.91 Å². The van der Waals surface area contributed by atoms with E-state index in [1.165, 1.54) is 0 Å². The monoisotopic (exact) mass is 284 g/mol. The second-order valence-electron chi connectivity index (χ2n) is 6.65. The van der Waals surface area contributed by atoms with E-state index in [1.807, 2.05) is 29.2 Å². The molecule has 0 aromatic heterocycles. The molecule has 1 aromatic rings. The Morgan fingerprint density at radius 2 is 2.10 bits per heavy atom. The number of rotatable bonds is 1. The third-order valence-electron chi connectivity index (χ3n) is 4.18. The maximum atomic E-state index is 12.7. The van der Waals surface area contributed by atoms with E-state index in [0.717, 1.165) is 25.1 Å². The minimum absolute atomic E-state index is 0.0867. The van der Waals surface area contributed by atoms with Gasteiger partial charge >= 0.3 is 0 Å². The topological polar surface area (TPSA) is 46.3 Å². The van der Waals surface area contributed by atoms with Gasteiger partial charge in [-0.3, -0.25) is 4.79 Å². The highest BCUT2D eigenvalue weighted by Gasteiger charge is 2.34. The molecule has 1 aliphatic heterocycles. The zero-order valence-electron chi connectivity index (χ0n) is 13.1. The van der Waals surface area contributed by atoms with Crippen LogP contribution in [0.15, 0.2) is 24.3 Å². The molecule has 0 saturated carbocycles. The van der Waals surface area contributed by atoms with Gasteiger partial charge in [0, 0.05) is 18.7 Å². The minimum Gasteiger partial charge on any atom is -0.338 e. The van der Waals surface area contributed by atoms with Crippen molar-refractivity contribution in [1.29, 1.82) is 0 Å². The quantitative estimate of drug-likeness (QED) is 0.805. The molecular weight excluding hydrogens is 260 g/mol. The fourth-order valence-electron chi connectivity index (χ4n) is 2.75. The van der Waals surface area contributed by atoms with Crippen molar-refractivity contribution in [3.63, 3.8) is 0 Å². The Labute approximate surface area is 127 Å². The Morgan fingerprint density at radius 1 is 1.38 bits per heavy atom. The Hall–Kier alpha value is -1.79. The van der Waals surface area contributed by atoms with Gasteiger partial charge in [0.15, 0.2) is 0 Å². The average molecular weight is 284 g/mol. The van der Waals surface area contributed by atoms with E-state index in [4.69, 9.17) is 5.73 Å². The van der Waals surface area contributed by atoms with Gasteiger partial charge in [0.05, 0.1) is 12.1 Å². The SMILES string of the molecule is CC(C)(C)C1CCN(C(=O)c2ccccc2C#CCN)C1. The van der Waals surface area contributed by atoms with Crippen LogP contribution in [-0.4, -0.2) is 30.4 Å². The third-order valence-corrected chi connectivity index (χ3v) is 4.18. The Morgan fingerprint density at radius 3 is 2.71 bits per heavy atom. The van der Waals surface area contributed by atoms with Crippen LogP contribution in [0.5, 0.6) is 0 Å². The standard InChI is InChI=1S/C18H24N2O/c1-18(2,3)15-10-12-20(13-15)17(21)16-9-5-4-7-14(16)8-6-11-19/h4-5,7,9,15H,10-13,19H2,1-3H3. The first-order chi connectivity index (χ1) is 9.93. The van der Waals surface area contributed by atoms with E-state index in [2.05, 4.69) is 32.6 Å². The van der Waals surface area contributed by atoms with Crippen molar-refractivity contribution in [3.05, 3.63) is 35.4 Å². The molecule has 1 aliphatic rings. The van der Waals surface area contributed by atoms with Gasteiger partial charge < -0.3 is 10.6 Å². The Kier molecular flexibility index (Phi) is 4.69. The van der Waals surface area contributed by atoms with E-state index >= 15 is 0 Å². The van der Waals surface area contributed by atoms with Crippen molar-refractivity contribution in [2.75, 3.05) is 19.6 Å². The third kappa shape index (κ3) is 3.65. The maximum Gasteiger partial charge on any atom is 0.255 e. The van der Waals surface area contributed by atoms with Crippen LogP contribution < -0.4 is 5.73 Å². The van der Waals surface area contributed by atoms with E-state index in [1.54, 1.807) is 0 Å². The number of nitrogens with zero attached hydrogens (tertiary/aromatic N) is 1. The lowest BCUT2D eigenvalue weighted by Crippen LogP contribution is -2.31. The molecule has 0 aliphatic carbocycles. The van der Waals surface area contributed by atoms with Crippen LogP contribution in [0.3, 0.4) is 0 Å². The fraction of sp³-hybridized carbons (Fsp3) is 0.500. The summed E-state index contributed by atoms with van der Waals surface area (Å²) in [6.45, 7) is 8.70. The van der Waals surface area contributed by atoms with E-state index in [9.17, 15) is 4.79 Å². The van der Waals surface area contributed by atoms with Crippen LogP contribution in [0, 0.1) is 23.2 Å². The zero-order valence-corrected chi connectivity index (χ0v) is 13.1. The minimum atomic E-state index is 0.0867. The molecule has 2 rings (SSSR count). The molecule has 0 bridgehead atoms. The molecular formula is C18H24N2O. The van der Waals surface area contributed by atoms with Crippen LogP contribution in [0.1, 0.15) is 43.1 Å². The van der Waals surface area contributed by atoms with Gasteiger partial charge in [0.1, 0.15) is 0 Å². The Bertz CT molecular complexity index is 575. The van der Waals surface area contributed by atoms with Crippen molar-refractivity contribution in [3.8, 4) is 11.8 Å². The highest BCUT2D eigenvalue weighted by molar-refractivity contribution is 5.96. The number of nitrogens with two attached hydrogens (primary N) is 1. The molecule has 1 unspecified atom stereocenters. The number of hydrogen-bond acceptors (Lipinski definition) is 2. The highest BCUT2D eigenvalue weighted by Crippen LogP contribution is 2.34. The van der Waals surface area contributed by atoms with Crippen LogP contribution in [0.2, 0.25) is 0 Å². The summed E-state index contributed by atoms with van der Waals surface area (Å²) in [4.78, 5) is 14.7. The number of benzene rings is 1. The lowest BCUT2D eigenvalue weighted by Gasteiger charge is -2.27. The first-order valence-electron chi connectivity index (χ1n) is 7.50. The maximum absolute atomic E-state index is 12.7. The molecule has 1 heterocycles. The molecule has 3 heteroatoms. The zero-order chi connectivity index (χ0) is 15.5. The summed E-state index contributed by atoms with van der Waals surface area (Å²) in [6, 6.07) is 7.53. The van der Waals surface area contributed by atoms with Crippen molar-refractivity contribution in [2.45, 2.75) is 27.2 Å². The predicted octanol–water partition coefficient (Wildman–Crippen LogP) is 2.50. The van der Waals surface area contributed by atoms with Crippen molar-refractivity contribution in [1.82, 2.24) is 4.90 Å². The van der Waals surface area contributed by atoms with Gasteiger partial charge in [-0.1, -0.05) is 44.7 Å². The summed E-state index contributed by atoms with van der Waals surface area (Å²) >= 11 is 0. The number of likely N-dealkylation sites (tertiary alicyclic amines) is 1. The summed E-state index contributed by atoms with van der Waals surface area (Å²) in [6.07, 6.45) is 1.08. The second kappa shape index (κ2) is 6.32. The van der Waals surface area contributed by atoms with Crippen molar-refractivity contribution < 1.29 is 4.79 Å². The second-order valence-corrected chi connectivity index (χ2v) is 6.65. The van der Waals surface area contributed by atoms with E-state index in [-0.39, 0.29) is 11.3 Å². The number of amides is 1. The molecule has 1 saturated heterocycles. The molecule has 1 aromatic carbocycles. The normalized spacial score (nSPS) is 18.3. The summed E-state index contributed by atoms with van der Waals surface area (Å²) in [5.74, 6) is 6.47. The summed E-state index contributed by atoms with van der Waals surface area (Å²) in [5, 5.41) is 0. The van der Waals surface area contributed by atoms with Crippen LogP contribution in [0.4, 0.5) is 0 Å². The largest absolute Gasteiger partial charge is 0.338 e. The molecule has 0 radical (unpaired) electrons. The molecule has 0 spiro atoms. The first-order valence-corrected chi connectivity index (χ1v) is 7.50. The fourth-order valence-corrected chi connectivity index (χ4v) is 2.75. The summed E-state index contributed by atoms with van der Waals surface area (Å²) in [5.41, 5.74) is 7.12. The van der Waals surface area contributed by atoms with Gasteiger partial charge in [-0.15, -0.1) is 0 Å². The molecule has 112 valence electrons. The smallest absolute Gasteiger partial charge is 0.255 e. The lowest BCUT2D eigenvalue weighted by atomic mass is 9.80. The van der Waals surface area contributed by atoms with Gasteiger partial charge in [0.25, 0.3) is 5.91 Å². The van der Waals surface area contributed by atoms with Crippen molar-refractivity contribution in [2.24, 2.45) is 17.1 Å². The van der Waals surface area contributed by atoms with Gasteiger partial charge in [0.2, 0.25) is 0 Å². The van der Waals surface area contributed by atoms with Gasteiger partial charge in [-0.05, 0) is 29.9 Å². The first kappa shape index (κ1) is 15.6. The molecule has 3 nitrogen and oxygen atoms in total. The molecule has 1 amide bonds. The highest BCUT2D eigenvalue weighted by atomic mass is 16.2. The number of carbonyl (C=O) groups is 1. The summed E-state index contributed by atoms with van der Waals surface area (Å²) < 4.78 is 0. The van der Waals surface area contributed by atoms with Crippen LogP contribution in [-0.2, 0) is 0 Å².